The SMILES string of the molecule is CCC(NC(=O)c1cccc2[nH]ccc12)C1CCCCC1. The van der Waals surface area contributed by atoms with Crippen molar-refractivity contribution in [2.24, 2.45) is 5.92 Å². The first kappa shape index (κ1) is 14.2. The van der Waals surface area contributed by atoms with Crippen molar-refractivity contribution in [3.8, 4) is 0 Å². The minimum absolute atomic E-state index is 0.0672. The number of hydrogen-bond acceptors (Lipinski definition) is 1. The molecule has 1 aromatic carbocycles. The second-order valence-corrected chi connectivity index (χ2v) is 6.13. The van der Waals surface area contributed by atoms with Crippen molar-refractivity contribution in [2.45, 2.75) is 51.5 Å². The van der Waals surface area contributed by atoms with Crippen LogP contribution in [0.15, 0.2) is 30.5 Å². The van der Waals surface area contributed by atoms with Gasteiger partial charge in [-0.1, -0.05) is 32.3 Å². The van der Waals surface area contributed by atoms with E-state index >= 15 is 0 Å². The van der Waals surface area contributed by atoms with Crippen LogP contribution in [0.2, 0.25) is 0 Å². The second kappa shape index (κ2) is 6.33. The van der Waals surface area contributed by atoms with Crippen molar-refractivity contribution in [3.63, 3.8) is 0 Å². The maximum absolute atomic E-state index is 12.6. The zero-order valence-corrected chi connectivity index (χ0v) is 12.7. The molecule has 1 aliphatic carbocycles. The van der Waals surface area contributed by atoms with E-state index in [1.165, 1.54) is 32.1 Å². The summed E-state index contributed by atoms with van der Waals surface area (Å²) in [6.45, 7) is 2.18. The van der Waals surface area contributed by atoms with E-state index in [0.29, 0.717) is 12.0 Å². The van der Waals surface area contributed by atoms with Gasteiger partial charge in [-0.25, -0.2) is 0 Å². The number of aromatic nitrogens is 1. The van der Waals surface area contributed by atoms with Gasteiger partial charge in [0.25, 0.3) is 5.91 Å². The van der Waals surface area contributed by atoms with Crippen LogP contribution < -0.4 is 5.32 Å². The molecule has 3 heteroatoms. The van der Waals surface area contributed by atoms with Crippen LogP contribution in [0.5, 0.6) is 0 Å². The number of nitrogens with one attached hydrogen (secondary N) is 2. The minimum atomic E-state index is 0.0672. The Hall–Kier alpha value is -1.77. The molecule has 2 aromatic rings. The average Bonchev–Trinajstić information content (AvgIpc) is 3.01. The predicted octanol–water partition coefficient (Wildman–Crippen LogP) is 4.26. The number of rotatable bonds is 4. The zero-order valence-electron chi connectivity index (χ0n) is 12.7. The number of aromatic amines is 1. The van der Waals surface area contributed by atoms with Gasteiger partial charge < -0.3 is 10.3 Å². The van der Waals surface area contributed by atoms with Crippen LogP contribution in [0, 0.1) is 5.92 Å². The highest BCUT2D eigenvalue weighted by atomic mass is 16.1. The first-order valence-electron chi connectivity index (χ1n) is 8.16. The number of H-pyrrole nitrogens is 1. The highest BCUT2D eigenvalue weighted by Crippen LogP contribution is 2.28. The quantitative estimate of drug-likeness (QED) is 0.866. The lowest BCUT2D eigenvalue weighted by atomic mass is 9.83. The fraction of sp³-hybridized carbons (Fsp3) is 0.500. The Morgan fingerprint density at radius 2 is 2.10 bits per heavy atom. The molecular formula is C18H24N2O. The summed E-state index contributed by atoms with van der Waals surface area (Å²) >= 11 is 0. The summed E-state index contributed by atoms with van der Waals surface area (Å²) in [7, 11) is 0. The standard InChI is InChI=1S/C18H24N2O/c1-2-16(13-7-4-3-5-8-13)20-18(21)15-9-6-10-17-14(15)11-12-19-17/h6,9-13,16,19H,2-5,7-8H2,1H3,(H,20,21). The summed E-state index contributed by atoms with van der Waals surface area (Å²) in [5.74, 6) is 0.718. The van der Waals surface area contributed by atoms with E-state index in [0.717, 1.165) is 22.9 Å². The summed E-state index contributed by atoms with van der Waals surface area (Å²) in [4.78, 5) is 15.8. The normalized spacial score (nSPS) is 17.8. The van der Waals surface area contributed by atoms with Gasteiger partial charge in [-0.3, -0.25) is 4.79 Å². The van der Waals surface area contributed by atoms with Gasteiger partial charge in [0, 0.05) is 28.7 Å². The van der Waals surface area contributed by atoms with Gasteiger partial charge in [-0.15, -0.1) is 0 Å². The molecule has 1 fully saturated rings. The molecular weight excluding hydrogens is 260 g/mol. The van der Waals surface area contributed by atoms with E-state index in [9.17, 15) is 4.79 Å². The summed E-state index contributed by atoms with van der Waals surface area (Å²) in [6.07, 6.45) is 9.39. The number of benzene rings is 1. The molecule has 0 saturated heterocycles. The molecule has 21 heavy (non-hydrogen) atoms. The van der Waals surface area contributed by atoms with Crippen molar-refractivity contribution < 1.29 is 4.79 Å². The topological polar surface area (TPSA) is 44.9 Å². The van der Waals surface area contributed by atoms with Crippen LogP contribution in [0.4, 0.5) is 0 Å². The Bertz CT molecular complexity index is 610. The van der Waals surface area contributed by atoms with Crippen LogP contribution in [-0.4, -0.2) is 16.9 Å². The number of amides is 1. The highest BCUT2D eigenvalue weighted by Gasteiger charge is 2.24. The number of carbonyl (C=O) groups excluding carboxylic acids is 1. The second-order valence-electron chi connectivity index (χ2n) is 6.13. The van der Waals surface area contributed by atoms with E-state index in [1.807, 2.05) is 30.5 Å². The lowest BCUT2D eigenvalue weighted by Crippen LogP contribution is -2.40. The van der Waals surface area contributed by atoms with E-state index in [1.54, 1.807) is 0 Å². The first-order chi connectivity index (χ1) is 10.3. The van der Waals surface area contributed by atoms with Gasteiger partial charge in [-0.05, 0) is 43.4 Å². The molecule has 1 heterocycles. The molecule has 1 amide bonds. The smallest absolute Gasteiger partial charge is 0.252 e. The molecule has 3 rings (SSSR count). The highest BCUT2D eigenvalue weighted by molar-refractivity contribution is 6.06. The van der Waals surface area contributed by atoms with Crippen LogP contribution in [-0.2, 0) is 0 Å². The lowest BCUT2D eigenvalue weighted by molar-refractivity contribution is 0.0913. The maximum Gasteiger partial charge on any atom is 0.252 e. The number of hydrogen-bond donors (Lipinski definition) is 2. The van der Waals surface area contributed by atoms with Crippen molar-refractivity contribution in [2.75, 3.05) is 0 Å². The first-order valence-corrected chi connectivity index (χ1v) is 8.16. The Kier molecular flexibility index (Phi) is 4.28. The van der Waals surface area contributed by atoms with Crippen LogP contribution in [0.25, 0.3) is 10.9 Å². The van der Waals surface area contributed by atoms with Crippen molar-refractivity contribution >= 4 is 16.8 Å². The molecule has 1 saturated carbocycles. The van der Waals surface area contributed by atoms with E-state index < -0.39 is 0 Å². The molecule has 3 nitrogen and oxygen atoms in total. The Labute approximate surface area is 126 Å². The molecule has 2 N–H and O–H groups in total. The van der Waals surface area contributed by atoms with Gasteiger partial charge in [0.15, 0.2) is 0 Å². The molecule has 1 unspecified atom stereocenters. The molecule has 0 spiro atoms. The van der Waals surface area contributed by atoms with Crippen LogP contribution in [0.3, 0.4) is 0 Å². The fourth-order valence-corrected chi connectivity index (χ4v) is 3.62. The van der Waals surface area contributed by atoms with E-state index in [4.69, 9.17) is 0 Å². The van der Waals surface area contributed by atoms with Gasteiger partial charge in [-0.2, -0.15) is 0 Å². The minimum Gasteiger partial charge on any atom is -0.361 e. The summed E-state index contributed by atoms with van der Waals surface area (Å²) in [6, 6.07) is 8.15. The third-order valence-electron chi connectivity index (χ3n) is 4.81. The van der Waals surface area contributed by atoms with Crippen LogP contribution in [0.1, 0.15) is 55.8 Å². The largest absolute Gasteiger partial charge is 0.361 e. The number of fused-ring (bicyclic) bond motifs is 1. The lowest BCUT2D eigenvalue weighted by Gasteiger charge is -2.30. The summed E-state index contributed by atoms with van der Waals surface area (Å²) in [5, 5.41) is 4.29. The number of carbonyl (C=O) groups is 1. The van der Waals surface area contributed by atoms with Gasteiger partial charge >= 0.3 is 0 Å². The van der Waals surface area contributed by atoms with Gasteiger partial charge in [0.2, 0.25) is 0 Å². The van der Waals surface area contributed by atoms with Gasteiger partial charge in [0.1, 0.15) is 0 Å². The third-order valence-corrected chi connectivity index (χ3v) is 4.81. The third kappa shape index (κ3) is 2.97. The Morgan fingerprint density at radius 3 is 2.86 bits per heavy atom. The Balaban J connectivity index is 1.76. The van der Waals surface area contributed by atoms with Crippen molar-refractivity contribution in [1.29, 1.82) is 0 Å². The van der Waals surface area contributed by atoms with E-state index in [-0.39, 0.29) is 5.91 Å². The predicted molar refractivity (Wildman–Crippen MR) is 86.4 cm³/mol. The van der Waals surface area contributed by atoms with Crippen molar-refractivity contribution in [1.82, 2.24) is 10.3 Å². The monoisotopic (exact) mass is 284 g/mol. The fourth-order valence-electron chi connectivity index (χ4n) is 3.62. The van der Waals surface area contributed by atoms with Crippen LogP contribution >= 0.6 is 0 Å². The van der Waals surface area contributed by atoms with Gasteiger partial charge in [0.05, 0.1) is 0 Å². The molecule has 0 bridgehead atoms. The maximum atomic E-state index is 12.6. The van der Waals surface area contributed by atoms with Crippen molar-refractivity contribution in [3.05, 3.63) is 36.0 Å². The molecule has 112 valence electrons. The van der Waals surface area contributed by atoms with E-state index in [2.05, 4.69) is 17.2 Å². The zero-order chi connectivity index (χ0) is 14.7. The average molecular weight is 284 g/mol. The summed E-state index contributed by atoms with van der Waals surface area (Å²) < 4.78 is 0. The molecule has 0 radical (unpaired) electrons. The molecule has 0 aliphatic heterocycles. The Morgan fingerprint density at radius 1 is 1.29 bits per heavy atom. The molecule has 1 aromatic heterocycles. The molecule has 1 atom stereocenters. The molecule has 1 aliphatic rings. The summed E-state index contributed by atoms with van der Waals surface area (Å²) in [5.41, 5.74) is 1.80.